The first kappa shape index (κ1) is 15.9. The molecule has 1 unspecified atom stereocenters. The third-order valence-electron chi connectivity index (χ3n) is 4.30. The van der Waals surface area contributed by atoms with Gasteiger partial charge in [-0.1, -0.05) is 0 Å². The Hall–Kier alpha value is -1.47. The van der Waals surface area contributed by atoms with Gasteiger partial charge in [0.15, 0.2) is 0 Å². The monoisotopic (exact) mass is 296 g/mol. The van der Waals surface area contributed by atoms with Crippen LogP contribution in [0, 0.1) is 29.9 Å². The summed E-state index contributed by atoms with van der Waals surface area (Å²) in [5, 5.41) is 28.6. The molecule has 1 saturated carbocycles. The lowest BCUT2D eigenvalue weighted by Gasteiger charge is -2.27. The van der Waals surface area contributed by atoms with Crippen LogP contribution in [0.4, 0.5) is 5.69 Å². The molecule has 1 aliphatic carbocycles. The van der Waals surface area contributed by atoms with E-state index in [1.807, 2.05) is 0 Å². The van der Waals surface area contributed by atoms with Crippen molar-refractivity contribution in [1.82, 2.24) is 15.1 Å². The second kappa shape index (κ2) is 5.73. The smallest absolute Gasteiger partial charge is 0.312 e. The first-order valence-electron chi connectivity index (χ1n) is 7.34. The van der Waals surface area contributed by atoms with E-state index < -0.39 is 11.0 Å². The van der Waals surface area contributed by atoms with Crippen molar-refractivity contribution in [3.63, 3.8) is 0 Å². The summed E-state index contributed by atoms with van der Waals surface area (Å²) in [5.41, 5.74) is 0.935. The van der Waals surface area contributed by atoms with E-state index in [4.69, 9.17) is 0 Å². The maximum absolute atomic E-state index is 11.0. The Morgan fingerprint density at radius 3 is 2.62 bits per heavy atom. The lowest BCUT2D eigenvalue weighted by atomic mass is 9.98. The minimum absolute atomic E-state index is 0.0298. The van der Waals surface area contributed by atoms with Crippen molar-refractivity contribution in [3.05, 3.63) is 21.5 Å². The predicted molar refractivity (Wildman–Crippen MR) is 79.2 cm³/mol. The fourth-order valence-corrected chi connectivity index (χ4v) is 2.72. The number of rotatable bonds is 7. The Kier molecular flexibility index (Phi) is 4.34. The zero-order chi connectivity index (χ0) is 15.8. The zero-order valence-electron chi connectivity index (χ0n) is 13.1. The molecule has 7 nitrogen and oxygen atoms in total. The van der Waals surface area contributed by atoms with Crippen LogP contribution >= 0.6 is 0 Å². The van der Waals surface area contributed by atoms with Crippen LogP contribution < -0.4 is 5.32 Å². The Bertz CT molecular complexity index is 535. The van der Waals surface area contributed by atoms with Crippen molar-refractivity contribution in [3.8, 4) is 0 Å². The quantitative estimate of drug-likeness (QED) is 0.588. The fraction of sp³-hybridized carbons (Fsp3) is 0.786. The van der Waals surface area contributed by atoms with Crippen LogP contribution in [0.3, 0.4) is 0 Å². The average Bonchev–Trinajstić information content (AvgIpc) is 3.16. The van der Waals surface area contributed by atoms with Gasteiger partial charge >= 0.3 is 5.69 Å². The third-order valence-corrected chi connectivity index (χ3v) is 4.30. The molecule has 21 heavy (non-hydrogen) atoms. The highest BCUT2D eigenvalue weighted by atomic mass is 16.6. The van der Waals surface area contributed by atoms with Gasteiger partial charge in [-0.05, 0) is 46.5 Å². The summed E-state index contributed by atoms with van der Waals surface area (Å²) in [6.07, 6.45) is 1.85. The minimum Gasteiger partial charge on any atom is -0.390 e. The lowest BCUT2D eigenvalue weighted by molar-refractivity contribution is -0.386. The van der Waals surface area contributed by atoms with Gasteiger partial charge in [-0.25, -0.2) is 0 Å². The molecule has 0 saturated heterocycles. The maximum atomic E-state index is 11.0. The van der Waals surface area contributed by atoms with Crippen molar-refractivity contribution in [2.75, 3.05) is 6.54 Å². The normalized spacial score (nSPS) is 17.0. The summed E-state index contributed by atoms with van der Waals surface area (Å²) in [6.45, 7) is 8.27. The van der Waals surface area contributed by atoms with Crippen LogP contribution in [0.25, 0.3) is 0 Å². The molecule has 0 spiro atoms. The molecule has 2 N–H and O–H groups in total. The van der Waals surface area contributed by atoms with Crippen LogP contribution in [0.15, 0.2) is 0 Å². The molecule has 1 fully saturated rings. The number of nitrogens with zero attached hydrogens (tertiary/aromatic N) is 3. The first-order valence-corrected chi connectivity index (χ1v) is 7.34. The zero-order valence-corrected chi connectivity index (χ0v) is 13.1. The molecule has 118 valence electrons. The van der Waals surface area contributed by atoms with Crippen molar-refractivity contribution >= 4 is 5.69 Å². The largest absolute Gasteiger partial charge is 0.390 e. The second-order valence-corrected chi connectivity index (χ2v) is 6.49. The Labute approximate surface area is 124 Å². The van der Waals surface area contributed by atoms with E-state index in [0.717, 1.165) is 0 Å². The number of aliphatic hydroxyl groups excluding tert-OH is 1. The number of nitro groups is 1. The molecule has 1 aliphatic rings. The van der Waals surface area contributed by atoms with Crippen molar-refractivity contribution in [2.45, 2.75) is 58.7 Å². The lowest BCUT2D eigenvalue weighted by Crippen LogP contribution is -2.46. The Balaban J connectivity index is 1.95. The second-order valence-electron chi connectivity index (χ2n) is 6.49. The van der Waals surface area contributed by atoms with Gasteiger partial charge in [-0.3, -0.25) is 14.8 Å². The maximum Gasteiger partial charge on any atom is 0.312 e. The molecule has 1 aromatic heterocycles. The number of aryl methyl sites for hydroxylation is 1. The molecule has 0 bridgehead atoms. The number of β-amino-alcohol motifs (C(OH)–C–C–N with tert-alkyl or cyclic N) is 1. The summed E-state index contributed by atoms with van der Waals surface area (Å²) in [7, 11) is 0. The van der Waals surface area contributed by atoms with Gasteiger partial charge in [0.1, 0.15) is 11.4 Å². The van der Waals surface area contributed by atoms with E-state index in [2.05, 4.69) is 24.3 Å². The van der Waals surface area contributed by atoms with Crippen molar-refractivity contribution in [2.24, 2.45) is 5.92 Å². The van der Waals surface area contributed by atoms with Crippen LogP contribution in [0.5, 0.6) is 0 Å². The number of aromatic nitrogens is 2. The van der Waals surface area contributed by atoms with Crippen molar-refractivity contribution < 1.29 is 10.0 Å². The van der Waals surface area contributed by atoms with E-state index in [1.54, 1.807) is 13.8 Å². The highest BCUT2D eigenvalue weighted by Gasteiger charge is 2.37. The summed E-state index contributed by atoms with van der Waals surface area (Å²) in [4.78, 5) is 10.5. The van der Waals surface area contributed by atoms with Gasteiger partial charge in [0.25, 0.3) is 0 Å². The van der Waals surface area contributed by atoms with Crippen molar-refractivity contribution in [1.29, 1.82) is 0 Å². The highest BCUT2D eigenvalue weighted by Crippen LogP contribution is 2.39. The highest BCUT2D eigenvalue weighted by molar-refractivity contribution is 5.39. The molecule has 0 aliphatic heterocycles. The summed E-state index contributed by atoms with van der Waals surface area (Å²) < 4.78 is 1.52. The summed E-state index contributed by atoms with van der Waals surface area (Å²) in [6, 6.07) is 0. The van der Waals surface area contributed by atoms with E-state index in [9.17, 15) is 15.2 Å². The van der Waals surface area contributed by atoms with Gasteiger partial charge in [-0.2, -0.15) is 5.10 Å². The first-order chi connectivity index (χ1) is 9.72. The number of hydrogen-bond acceptors (Lipinski definition) is 5. The molecule has 0 amide bonds. The molecule has 1 aromatic rings. The minimum atomic E-state index is -0.624. The Morgan fingerprint density at radius 2 is 2.14 bits per heavy atom. The molecule has 0 radical (unpaired) electrons. The van der Waals surface area contributed by atoms with E-state index in [-0.39, 0.29) is 17.8 Å². The summed E-state index contributed by atoms with van der Waals surface area (Å²) in [5.74, 6) is 0.680. The predicted octanol–water partition coefficient (Wildman–Crippen LogP) is 1.55. The molecular formula is C14H24N4O3. The number of nitrogens with one attached hydrogen (secondary N) is 1. The van der Waals surface area contributed by atoms with Crippen LogP contribution in [0.1, 0.15) is 38.1 Å². The van der Waals surface area contributed by atoms with Gasteiger partial charge in [-0.15, -0.1) is 0 Å². The molecular weight excluding hydrogens is 272 g/mol. The number of aliphatic hydroxyl groups is 1. The third kappa shape index (κ3) is 3.59. The number of hydrogen-bond donors (Lipinski definition) is 2. The van der Waals surface area contributed by atoms with E-state index >= 15 is 0 Å². The average molecular weight is 296 g/mol. The van der Waals surface area contributed by atoms with Gasteiger partial charge in [0.2, 0.25) is 0 Å². The summed E-state index contributed by atoms with van der Waals surface area (Å²) >= 11 is 0. The Morgan fingerprint density at radius 1 is 1.52 bits per heavy atom. The van der Waals surface area contributed by atoms with Crippen LogP contribution in [0.2, 0.25) is 0 Å². The molecule has 1 heterocycles. The standard InChI is InChI=1S/C14H24N4O3/c1-9-13(18(20)21)10(2)17(16-9)8-12(19)7-15-14(3,4)11-5-6-11/h11-12,15,19H,5-8H2,1-4H3. The molecule has 7 heteroatoms. The van der Waals surface area contributed by atoms with Gasteiger partial charge in [0.05, 0.1) is 17.6 Å². The topological polar surface area (TPSA) is 93.2 Å². The SMILES string of the molecule is Cc1nn(CC(O)CNC(C)(C)C2CC2)c(C)c1[N+](=O)[O-]. The fourth-order valence-electron chi connectivity index (χ4n) is 2.72. The van der Waals surface area contributed by atoms with Gasteiger partial charge in [0, 0.05) is 12.1 Å². The van der Waals surface area contributed by atoms with Crippen LogP contribution in [-0.2, 0) is 6.54 Å². The van der Waals surface area contributed by atoms with Crippen LogP contribution in [-0.4, -0.2) is 38.0 Å². The molecule has 2 rings (SSSR count). The van der Waals surface area contributed by atoms with E-state index in [1.165, 1.54) is 17.5 Å². The van der Waals surface area contributed by atoms with Gasteiger partial charge < -0.3 is 10.4 Å². The van der Waals surface area contributed by atoms with E-state index in [0.29, 0.717) is 23.9 Å². The molecule has 1 atom stereocenters. The molecule has 0 aromatic carbocycles.